The van der Waals surface area contributed by atoms with Gasteiger partial charge in [0.05, 0.1) is 11.4 Å². The molecule has 1 saturated heterocycles. The molecular weight excluding hydrogens is 312 g/mol. The number of benzene rings is 2. The predicted molar refractivity (Wildman–Crippen MR) is 90.5 cm³/mol. The summed E-state index contributed by atoms with van der Waals surface area (Å²) in [4.78, 5) is 16.8. The molecule has 0 unspecified atom stereocenters. The third kappa shape index (κ3) is 3.71. The van der Waals surface area contributed by atoms with E-state index in [0.29, 0.717) is 5.69 Å². The van der Waals surface area contributed by atoms with Gasteiger partial charge < -0.3 is 15.1 Å². The summed E-state index contributed by atoms with van der Waals surface area (Å²) in [5.74, 6) is -2.07. The zero-order chi connectivity index (χ0) is 17.1. The lowest BCUT2D eigenvalue weighted by Gasteiger charge is -2.35. The Morgan fingerprint density at radius 3 is 2.29 bits per heavy atom. The van der Waals surface area contributed by atoms with Crippen LogP contribution in [0.3, 0.4) is 0 Å². The summed E-state index contributed by atoms with van der Waals surface area (Å²) in [5, 5.41) is 2.76. The molecule has 1 amide bonds. The number of nitrogens with zero attached hydrogens (tertiary/aromatic N) is 2. The number of carbonyl (C=O) groups excluding carboxylic acids is 1. The molecule has 4 nitrogen and oxygen atoms in total. The van der Waals surface area contributed by atoms with Gasteiger partial charge in [-0.15, -0.1) is 0 Å². The molecule has 0 spiro atoms. The highest BCUT2D eigenvalue weighted by atomic mass is 19.1. The fourth-order valence-electron chi connectivity index (χ4n) is 2.78. The maximum atomic E-state index is 13.3. The van der Waals surface area contributed by atoms with E-state index in [0.717, 1.165) is 50.1 Å². The first-order chi connectivity index (χ1) is 11.5. The van der Waals surface area contributed by atoms with E-state index < -0.39 is 17.5 Å². The van der Waals surface area contributed by atoms with Crippen molar-refractivity contribution in [3.63, 3.8) is 0 Å². The molecular formula is C18H19F2N3O. The summed E-state index contributed by atoms with van der Waals surface area (Å²) >= 11 is 0. The molecule has 1 aliphatic rings. The molecule has 24 heavy (non-hydrogen) atoms. The van der Waals surface area contributed by atoms with Crippen molar-refractivity contribution < 1.29 is 13.6 Å². The molecule has 3 rings (SSSR count). The first-order valence-corrected chi connectivity index (χ1v) is 7.83. The van der Waals surface area contributed by atoms with Crippen LogP contribution < -0.4 is 10.2 Å². The van der Waals surface area contributed by atoms with Crippen molar-refractivity contribution >= 4 is 17.3 Å². The number of hydrogen-bond acceptors (Lipinski definition) is 3. The first-order valence-electron chi connectivity index (χ1n) is 7.83. The van der Waals surface area contributed by atoms with Crippen molar-refractivity contribution in [2.24, 2.45) is 0 Å². The Morgan fingerprint density at radius 1 is 1.00 bits per heavy atom. The van der Waals surface area contributed by atoms with E-state index in [-0.39, 0.29) is 5.56 Å². The van der Waals surface area contributed by atoms with E-state index in [1.54, 1.807) is 6.07 Å². The minimum absolute atomic E-state index is 0.0410. The van der Waals surface area contributed by atoms with Crippen molar-refractivity contribution in [1.82, 2.24) is 4.90 Å². The molecule has 2 aromatic rings. The molecule has 0 aromatic heterocycles. The van der Waals surface area contributed by atoms with Crippen molar-refractivity contribution in [1.29, 1.82) is 0 Å². The van der Waals surface area contributed by atoms with Gasteiger partial charge in [0.15, 0.2) is 0 Å². The number of hydrogen-bond donors (Lipinski definition) is 1. The van der Waals surface area contributed by atoms with Crippen LogP contribution in [0.25, 0.3) is 0 Å². The third-order valence-corrected chi connectivity index (χ3v) is 4.12. The summed E-state index contributed by atoms with van der Waals surface area (Å²) in [5.41, 5.74) is 1.51. The van der Waals surface area contributed by atoms with E-state index in [4.69, 9.17) is 0 Å². The Bertz CT molecular complexity index is 723. The minimum atomic E-state index is -0.771. The van der Waals surface area contributed by atoms with Crippen LogP contribution in [0.5, 0.6) is 0 Å². The van der Waals surface area contributed by atoms with E-state index in [9.17, 15) is 13.6 Å². The number of rotatable bonds is 3. The van der Waals surface area contributed by atoms with Crippen LogP contribution in [0.1, 0.15) is 10.4 Å². The van der Waals surface area contributed by atoms with Gasteiger partial charge in [0.2, 0.25) is 0 Å². The molecule has 2 aromatic carbocycles. The van der Waals surface area contributed by atoms with Gasteiger partial charge in [-0.05, 0) is 31.3 Å². The second-order valence-corrected chi connectivity index (χ2v) is 5.92. The Morgan fingerprint density at radius 2 is 1.62 bits per heavy atom. The number of halogens is 2. The number of carbonyl (C=O) groups is 1. The lowest BCUT2D eigenvalue weighted by Crippen LogP contribution is -2.44. The molecule has 0 bridgehead atoms. The van der Waals surface area contributed by atoms with Crippen molar-refractivity contribution in [3.05, 3.63) is 59.7 Å². The number of piperazine rings is 1. The zero-order valence-electron chi connectivity index (χ0n) is 13.4. The van der Waals surface area contributed by atoms with Gasteiger partial charge in [-0.3, -0.25) is 4.79 Å². The van der Waals surface area contributed by atoms with Gasteiger partial charge >= 0.3 is 0 Å². The van der Waals surface area contributed by atoms with E-state index in [1.807, 2.05) is 18.2 Å². The standard InChI is InChI=1S/C18H19F2N3O/c1-22-6-8-23(9-7-22)17-5-3-2-4-16(17)21-18(24)13-10-14(19)12-15(20)11-13/h2-5,10-12H,6-9H2,1H3,(H,21,24). The largest absolute Gasteiger partial charge is 0.367 e. The Balaban J connectivity index is 1.81. The van der Waals surface area contributed by atoms with Crippen molar-refractivity contribution in [2.75, 3.05) is 43.4 Å². The molecule has 1 aliphatic heterocycles. The highest BCUT2D eigenvalue weighted by Crippen LogP contribution is 2.27. The quantitative estimate of drug-likeness (QED) is 0.939. The Kier molecular flexibility index (Phi) is 4.76. The second-order valence-electron chi connectivity index (χ2n) is 5.92. The predicted octanol–water partition coefficient (Wildman–Crippen LogP) is 2.97. The van der Waals surface area contributed by atoms with Crippen LogP contribution >= 0.6 is 0 Å². The van der Waals surface area contributed by atoms with Gasteiger partial charge in [-0.25, -0.2) is 8.78 Å². The second kappa shape index (κ2) is 6.97. The van der Waals surface area contributed by atoms with Gasteiger partial charge in [0.1, 0.15) is 11.6 Å². The first kappa shape index (κ1) is 16.4. The summed E-state index contributed by atoms with van der Waals surface area (Å²) in [7, 11) is 2.07. The number of nitrogens with one attached hydrogen (secondary N) is 1. The maximum Gasteiger partial charge on any atom is 0.255 e. The van der Waals surface area contributed by atoms with Gasteiger partial charge in [0.25, 0.3) is 5.91 Å². The van der Waals surface area contributed by atoms with Crippen LogP contribution in [-0.2, 0) is 0 Å². The molecule has 1 fully saturated rings. The van der Waals surface area contributed by atoms with E-state index in [1.165, 1.54) is 0 Å². The smallest absolute Gasteiger partial charge is 0.255 e. The fraction of sp³-hybridized carbons (Fsp3) is 0.278. The van der Waals surface area contributed by atoms with Crippen LogP contribution in [0.15, 0.2) is 42.5 Å². The zero-order valence-corrected chi connectivity index (χ0v) is 13.4. The van der Waals surface area contributed by atoms with Crippen LogP contribution in [0.2, 0.25) is 0 Å². The van der Waals surface area contributed by atoms with E-state index >= 15 is 0 Å². The van der Waals surface area contributed by atoms with Crippen molar-refractivity contribution in [2.45, 2.75) is 0 Å². The molecule has 1 heterocycles. The SMILES string of the molecule is CN1CCN(c2ccccc2NC(=O)c2cc(F)cc(F)c2)CC1. The normalized spacial score (nSPS) is 15.4. The average Bonchev–Trinajstić information content (AvgIpc) is 2.55. The monoisotopic (exact) mass is 331 g/mol. The molecule has 126 valence electrons. The number of likely N-dealkylation sites (N-methyl/N-ethyl adjacent to an activating group) is 1. The molecule has 0 saturated carbocycles. The molecule has 1 N–H and O–H groups in total. The fourth-order valence-corrected chi connectivity index (χ4v) is 2.78. The summed E-state index contributed by atoms with van der Waals surface area (Å²) in [6.45, 7) is 3.60. The Hall–Kier alpha value is -2.47. The average molecular weight is 331 g/mol. The topological polar surface area (TPSA) is 35.6 Å². The number of amides is 1. The molecule has 0 aliphatic carbocycles. The molecule has 0 atom stereocenters. The minimum Gasteiger partial charge on any atom is -0.367 e. The molecule has 0 radical (unpaired) electrons. The summed E-state index contributed by atoms with van der Waals surface area (Å²) < 4.78 is 26.6. The number of anilines is 2. The van der Waals surface area contributed by atoms with Gasteiger partial charge in [0, 0.05) is 37.8 Å². The van der Waals surface area contributed by atoms with Crippen LogP contribution in [-0.4, -0.2) is 44.0 Å². The third-order valence-electron chi connectivity index (χ3n) is 4.12. The lowest BCUT2D eigenvalue weighted by molar-refractivity contribution is 0.102. The highest BCUT2D eigenvalue weighted by Gasteiger charge is 2.18. The van der Waals surface area contributed by atoms with Gasteiger partial charge in [-0.2, -0.15) is 0 Å². The van der Waals surface area contributed by atoms with Crippen LogP contribution in [0.4, 0.5) is 20.2 Å². The summed E-state index contributed by atoms with van der Waals surface area (Å²) in [6, 6.07) is 10.3. The van der Waals surface area contributed by atoms with E-state index in [2.05, 4.69) is 22.2 Å². The Labute approximate surface area is 139 Å². The summed E-state index contributed by atoms with van der Waals surface area (Å²) in [6.07, 6.45) is 0. The maximum absolute atomic E-state index is 13.3. The van der Waals surface area contributed by atoms with Gasteiger partial charge in [-0.1, -0.05) is 12.1 Å². The molecule has 6 heteroatoms. The van der Waals surface area contributed by atoms with Crippen LogP contribution in [0, 0.1) is 11.6 Å². The highest BCUT2D eigenvalue weighted by molar-refractivity contribution is 6.06. The lowest BCUT2D eigenvalue weighted by atomic mass is 10.1. The number of para-hydroxylation sites is 2. The van der Waals surface area contributed by atoms with Crippen molar-refractivity contribution in [3.8, 4) is 0 Å².